The van der Waals surface area contributed by atoms with Crippen LogP contribution in [0.2, 0.25) is 0 Å². The molecule has 0 aliphatic carbocycles. The van der Waals surface area contributed by atoms with Gasteiger partial charge in [0.1, 0.15) is 0 Å². The largest absolute Gasteiger partial charge is 0.325 e. The van der Waals surface area contributed by atoms with Crippen molar-refractivity contribution < 1.29 is 4.79 Å². The van der Waals surface area contributed by atoms with Gasteiger partial charge in [0, 0.05) is 9.77 Å². The van der Waals surface area contributed by atoms with Crippen LogP contribution in [-0.4, -0.2) is 12.2 Å². The van der Waals surface area contributed by atoms with E-state index in [1.165, 1.54) is 0 Å². The monoisotopic (exact) mass is 263 g/mol. The summed E-state index contributed by atoms with van der Waals surface area (Å²) in [5.41, 5.74) is 0.890. The van der Waals surface area contributed by atoms with Crippen molar-refractivity contribution in [2.75, 3.05) is 11.6 Å². The number of thiophene rings is 1. The highest BCUT2D eigenvalue weighted by molar-refractivity contribution is 7.98. The van der Waals surface area contributed by atoms with Gasteiger partial charge in [-0.3, -0.25) is 4.79 Å². The van der Waals surface area contributed by atoms with Gasteiger partial charge >= 0.3 is 0 Å². The number of rotatable bonds is 4. The third-order valence-electron chi connectivity index (χ3n) is 2.30. The molecular weight excluding hydrogens is 250 g/mol. The Bertz CT molecular complexity index is 494. The SMILES string of the molecule is CSc1ccccc1NC(=O)Cc1cccs1. The fourth-order valence-corrected chi connectivity index (χ4v) is 2.77. The predicted octanol–water partition coefficient (Wildman–Crippen LogP) is 3.65. The molecule has 1 aromatic heterocycles. The van der Waals surface area contributed by atoms with E-state index >= 15 is 0 Å². The average molecular weight is 263 g/mol. The van der Waals surface area contributed by atoms with Crippen LogP contribution >= 0.6 is 23.1 Å². The van der Waals surface area contributed by atoms with Crippen molar-refractivity contribution in [3.63, 3.8) is 0 Å². The number of benzene rings is 1. The number of amides is 1. The van der Waals surface area contributed by atoms with Crippen LogP contribution in [0.4, 0.5) is 5.69 Å². The lowest BCUT2D eigenvalue weighted by molar-refractivity contribution is -0.115. The number of nitrogens with one attached hydrogen (secondary N) is 1. The Hall–Kier alpha value is -1.26. The minimum atomic E-state index is 0.0361. The first kappa shape index (κ1) is 12.2. The molecule has 0 spiro atoms. The third-order valence-corrected chi connectivity index (χ3v) is 3.97. The van der Waals surface area contributed by atoms with E-state index in [0.717, 1.165) is 15.5 Å². The van der Waals surface area contributed by atoms with Gasteiger partial charge in [-0.1, -0.05) is 18.2 Å². The van der Waals surface area contributed by atoms with E-state index in [9.17, 15) is 4.79 Å². The van der Waals surface area contributed by atoms with Crippen molar-refractivity contribution in [1.82, 2.24) is 0 Å². The maximum Gasteiger partial charge on any atom is 0.229 e. The summed E-state index contributed by atoms with van der Waals surface area (Å²) in [7, 11) is 0. The van der Waals surface area contributed by atoms with Crippen molar-refractivity contribution in [2.45, 2.75) is 11.3 Å². The van der Waals surface area contributed by atoms with Gasteiger partial charge in [0.25, 0.3) is 0 Å². The van der Waals surface area contributed by atoms with E-state index in [1.807, 2.05) is 48.0 Å². The first-order valence-corrected chi connectivity index (χ1v) is 7.35. The van der Waals surface area contributed by atoms with Gasteiger partial charge < -0.3 is 5.32 Å². The molecule has 0 unspecified atom stereocenters. The molecule has 0 atom stereocenters. The highest BCUT2D eigenvalue weighted by Crippen LogP contribution is 2.24. The number of anilines is 1. The predicted molar refractivity (Wildman–Crippen MR) is 74.9 cm³/mol. The molecule has 2 rings (SSSR count). The third kappa shape index (κ3) is 3.35. The second kappa shape index (κ2) is 5.89. The fraction of sp³-hybridized carbons (Fsp3) is 0.154. The van der Waals surface area contributed by atoms with Crippen molar-refractivity contribution in [3.05, 3.63) is 46.7 Å². The first-order valence-electron chi connectivity index (χ1n) is 5.25. The number of hydrogen-bond acceptors (Lipinski definition) is 3. The van der Waals surface area contributed by atoms with Crippen LogP contribution in [0.5, 0.6) is 0 Å². The Balaban J connectivity index is 2.03. The minimum Gasteiger partial charge on any atom is -0.325 e. The molecule has 88 valence electrons. The number of thioether (sulfide) groups is 1. The molecule has 2 nitrogen and oxygen atoms in total. The van der Waals surface area contributed by atoms with Gasteiger partial charge in [0.05, 0.1) is 12.1 Å². The highest BCUT2D eigenvalue weighted by atomic mass is 32.2. The number of hydrogen-bond donors (Lipinski definition) is 1. The second-order valence-corrected chi connectivity index (χ2v) is 5.38. The zero-order chi connectivity index (χ0) is 12.1. The molecule has 1 heterocycles. The molecule has 0 saturated heterocycles. The summed E-state index contributed by atoms with van der Waals surface area (Å²) in [6.07, 6.45) is 2.45. The molecule has 0 aliphatic heterocycles. The summed E-state index contributed by atoms with van der Waals surface area (Å²) < 4.78 is 0. The van der Waals surface area contributed by atoms with Crippen molar-refractivity contribution in [3.8, 4) is 0 Å². The molecule has 1 amide bonds. The van der Waals surface area contributed by atoms with E-state index < -0.39 is 0 Å². The molecule has 0 saturated carbocycles. The molecule has 1 aromatic carbocycles. The first-order chi connectivity index (χ1) is 8.29. The lowest BCUT2D eigenvalue weighted by Gasteiger charge is -2.08. The van der Waals surface area contributed by atoms with Crippen LogP contribution in [0.15, 0.2) is 46.7 Å². The number of para-hydroxylation sites is 1. The molecule has 0 radical (unpaired) electrons. The zero-order valence-corrected chi connectivity index (χ0v) is 11.1. The standard InChI is InChI=1S/C13H13NOS2/c1-16-12-7-3-2-6-11(12)14-13(15)9-10-5-4-8-17-10/h2-8H,9H2,1H3,(H,14,15). The fourth-order valence-electron chi connectivity index (χ4n) is 1.51. The maximum absolute atomic E-state index is 11.8. The van der Waals surface area contributed by atoms with Crippen LogP contribution in [0.3, 0.4) is 0 Å². The van der Waals surface area contributed by atoms with Gasteiger partial charge in [-0.2, -0.15) is 0 Å². The summed E-state index contributed by atoms with van der Waals surface area (Å²) in [4.78, 5) is 14.0. The average Bonchev–Trinajstić information content (AvgIpc) is 2.82. The quantitative estimate of drug-likeness (QED) is 0.853. The van der Waals surface area contributed by atoms with E-state index in [4.69, 9.17) is 0 Å². The van der Waals surface area contributed by atoms with Gasteiger partial charge in [0.2, 0.25) is 5.91 Å². The van der Waals surface area contributed by atoms with Crippen molar-refractivity contribution in [1.29, 1.82) is 0 Å². The smallest absolute Gasteiger partial charge is 0.229 e. The van der Waals surface area contributed by atoms with Crippen LogP contribution in [-0.2, 0) is 11.2 Å². The van der Waals surface area contributed by atoms with Crippen molar-refractivity contribution >= 4 is 34.7 Å². The molecule has 0 bridgehead atoms. The van der Waals surface area contributed by atoms with Gasteiger partial charge in [-0.15, -0.1) is 23.1 Å². The van der Waals surface area contributed by atoms with E-state index in [2.05, 4.69) is 5.32 Å². The number of carbonyl (C=O) groups excluding carboxylic acids is 1. The Morgan fingerprint density at radius 3 is 2.82 bits per heavy atom. The summed E-state index contributed by atoms with van der Waals surface area (Å²) in [6.45, 7) is 0. The molecule has 0 fully saturated rings. The molecule has 17 heavy (non-hydrogen) atoms. The molecule has 1 N–H and O–H groups in total. The van der Waals surface area contributed by atoms with Gasteiger partial charge in [-0.05, 0) is 29.8 Å². The molecule has 4 heteroatoms. The Morgan fingerprint density at radius 1 is 1.29 bits per heavy atom. The van der Waals surface area contributed by atoms with E-state index in [0.29, 0.717) is 6.42 Å². The highest BCUT2D eigenvalue weighted by Gasteiger charge is 2.07. The minimum absolute atomic E-state index is 0.0361. The van der Waals surface area contributed by atoms with Crippen LogP contribution < -0.4 is 5.32 Å². The van der Waals surface area contributed by atoms with E-state index in [-0.39, 0.29) is 5.91 Å². The Labute approximate surface area is 109 Å². The summed E-state index contributed by atoms with van der Waals surface area (Å²) in [5, 5.41) is 4.93. The molecular formula is C13H13NOS2. The second-order valence-electron chi connectivity index (χ2n) is 3.50. The summed E-state index contributed by atoms with van der Waals surface area (Å²) >= 11 is 3.24. The summed E-state index contributed by atoms with van der Waals surface area (Å²) in [5.74, 6) is 0.0361. The van der Waals surface area contributed by atoms with Crippen LogP contribution in [0.25, 0.3) is 0 Å². The van der Waals surface area contributed by atoms with Gasteiger partial charge in [-0.25, -0.2) is 0 Å². The molecule has 2 aromatic rings. The van der Waals surface area contributed by atoms with Crippen LogP contribution in [0, 0.1) is 0 Å². The Kier molecular flexibility index (Phi) is 4.23. The normalized spacial score (nSPS) is 10.2. The van der Waals surface area contributed by atoms with Crippen molar-refractivity contribution in [2.24, 2.45) is 0 Å². The maximum atomic E-state index is 11.8. The zero-order valence-electron chi connectivity index (χ0n) is 9.47. The van der Waals surface area contributed by atoms with Gasteiger partial charge in [0.15, 0.2) is 0 Å². The Morgan fingerprint density at radius 2 is 2.12 bits per heavy atom. The lowest BCUT2D eigenvalue weighted by atomic mass is 10.3. The number of carbonyl (C=O) groups is 1. The topological polar surface area (TPSA) is 29.1 Å². The van der Waals surface area contributed by atoms with Crippen LogP contribution in [0.1, 0.15) is 4.88 Å². The summed E-state index contributed by atoms with van der Waals surface area (Å²) in [6, 6.07) is 11.8. The lowest BCUT2D eigenvalue weighted by Crippen LogP contribution is -2.14. The van der Waals surface area contributed by atoms with E-state index in [1.54, 1.807) is 23.1 Å². The molecule has 0 aliphatic rings.